The Balaban J connectivity index is 1.27. The number of anilines is 1. The molecule has 7 nitrogen and oxygen atoms in total. The summed E-state index contributed by atoms with van der Waals surface area (Å²) in [6, 6.07) is 20.5. The molecule has 4 rings (SSSR count). The molecule has 0 heterocycles. The molecule has 0 fully saturated rings. The summed E-state index contributed by atoms with van der Waals surface area (Å²) in [7, 11) is 0. The van der Waals surface area contributed by atoms with Gasteiger partial charge in [0, 0.05) is 11.6 Å². The minimum absolute atomic E-state index is 0.0363. The number of carboxylic acid groups (broad SMARTS) is 1. The number of alkyl carbamates (subject to hydrolysis) is 1. The smallest absolute Gasteiger partial charge is 0.407 e. The van der Waals surface area contributed by atoms with Crippen molar-refractivity contribution in [2.45, 2.75) is 12.8 Å². The fourth-order valence-electron chi connectivity index (χ4n) is 3.98. The number of hydrogen-bond donors (Lipinski definition) is 3. The van der Waals surface area contributed by atoms with E-state index in [0.717, 1.165) is 22.3 Å². The number of ether oxygens (including phenoxy) is 1. The number of carboxylic acids is 1. The lowest BCUT2D eigenvalue weighted by atomic mass is 9.98. The van der Waals surface area contributed by atoms with Gasteiger partial charge >= 0.3 is 12.1 Å². The summed E-state index contributed by atoms with van der Waals surface area (Å²) in [6.07, 6.45) is -0.614. The van der Waals surface area contributed by atoms with Gasteiger partial charge in [-0.05, 0) is 58.9 Å². The van der Waals surface area contributed by atoms with Crippen LogP contribution in [0.3, 0.4) is 0 Å². The molecule has 0 aliphatic heterocycles. The number of hydrogen-bond acceptors (Lipinski definition) is 4. The summed E-state index contributed by atoms with van der Waals surface area (Å²) >= 11 is 0. The van der Waals surface area contributed by atoms with E-state index >= 15 is 0 Å². The second-order valence-electron chi connectivity index (χ2n) is 7.77. The number of amides is 2. The Morgan fingerprint density at radius 2 is 1.62 bits per heavy atom. The van der Waals surface area contributed by atoms with Crippen molar-refractivity contribution in [1.29, 1.82) is 0 Å². The highest BCUT2D eigenvalue weighted by Gasteiger charge is 2.28. The zero-order valence-electron chi connectivity index (χ0n) is 18.4. The van der Waals surface area contributed by atoms with E-state index in [1.165, 1.54) is 18.2 Å². The van der Waals surface area contributed by atoms with Crippen molar-refractivity contribution in [2.75, 3.05) is 18.5 Å². The minimum atomic E-state index is -1.04. The number of rotatable bonds is 5. The topological polar surface area (TPSA) is 105 Å². The quantitative estimate of drug-likeness (QED) is 0.502. The second-order valence-corrected chi connectivity index (χ2v) is 7.77. The Labute approximate surface area is 196 Å². The third-order valence-corrected chi connectivity index (χ3v) is 5.59. The van der Waals surface area contributed by atoms with Gasteiger partial charge in [0.05, 0.1) is 12.1 Å². The van der Waals surface area contributed by atoms with E-state index in [9.17, 15) is 14.4 Å². The SMILES string of the molecule is Cc1cc(C(=O)O)ccc1NC(=O)C#CCNC(=O)OCC1c2ccccc2-c2ccccc21. The number of carbonyl (C=O) groups excluding carboxylic acids is 2. The van der Waals surface area contributed by atoms with Crippen LogP contribution in [0.2, 0.25) is 0 Å². The van der Waals surface area contributed by atoms with Gasteiger partial charge in [-0.1, -0.05) is 54.5 Å². The fourth-order valence-corrected chi connectivity index (χ4v) is 3.98. The molecule has 0 spiro atoms. The molecule has 2 amide bonds. The van der Waals surface area contributed by atoms with Gasteiger partial charge in [-0.2, -0.15) is 0 Å². The van der Waals surface area contributed by atoms with E-state index in [4.69, 9.17) is 9.84 Å². The molecule has 3 aromatic rings. The zero-order chi connectivity index (χ0) is 24.1. The van der Waals surface area contributed by atoms with Crippen LogP contribution in [-0.4, -0.2) is 36.2 Å². The lowest BCUT2D eigenvalue weighted by Crippen LogP contribution is -2.26. The molecular formula is C27H22N2O5. The number of aryl methyl sites for hydroxylation is 1. The lowest BCUT2D eigenvalue weighted by molar-refractivity contribution is -0.111. The van der Waals surface area contributed by atoms with Gasteiger partial charge in [0.1, 0.15) is 6.61 Å². The molecule has 0 bridgehead atoms. The minimum Gasteiger partial charge on any atom is -0.478 e. The van der Waals surface area contributed by atoms with Crippen LogP contribution in [0, 0.1) is 18.8 Å². The molecular weight excluding hydrogens is 432 g/mol. The van der Waals surface area contributed by atoms with Crippen molar-refractivity contribution in [3.63, 3.8) is 0 Å². The van der Waals surface area contributed by atoms with Gasteiger partial charge in [-0.3, -0.25) is 4.79 Å². The highest BCUT2D eigenvalue weighted by Crippen LogP contribution is 2.44. The normalized spacial score (nSPS) is 11.4. The van der Waals surface area contributed by atoms with Crippen LogP contribution in [0.1, 0.15) is 33.0 Å². The predicted molar refractivity (Wildman–Crippen MR) is 128 cm³/mol. The monoisotopic (exact) mass is 454 g/mol. The summed E-state index contributed by atoms with van der Waals surface area (Å²) in [6.45, 7) is 1.83. The van der Waals surface area contributed by atoms with Gasteiger partial charge < -0.3 is 20.5 Å². The maximum absolute atomic E-state index is 12.1. The molecule has 3 aromatic carbocycles. The van der Waals surface area contributed by atoms with E-state index in [0.29, 0.717) is 11.3 Å². The molecule has 1 aliphatic rings. The van der Waals surface area contributed by atoms with Crippen molar-refractivity contribution in [3.05, 3.63) is 89.0 Å². The zero-order valence-corrected chi connectivity index (χ0v) is 18.4. The Bertz CT molecular complexity index is 1290. The number of aromatic carboxylic acids is 1. The summed E-state index contributed by atoms with van der Waals surface area (Å²) in [5, 5.41) is 14.1. The van der Waals surface area contributed by atoms with E-state index in [2.05, 4.69) is 34.6 Å². The molecule has 0 atom stereocenters. The fraction of sp³-hybridized carbons (Fsp3) is 0.148. The molecule has 0 saturated carbocycles. The average molecular weight is 454 g/mol. The maximum Gasteiger partial charge on any atom is 0.407 e. The number of benzene rings is 3. The van der Waals surface area contributed by atoms with Crippen LogP contribution in [0.4, 0.5) is 10.5 Å². The van der Waals surface area contributed by atoms with E-state index < -0.39 is 18.0 Å². The first-order valence-corrected chi connectivity index (χ1v) is 10.7. The molecule has 0 aromatic heterocycles. The Morgan fingerprint density at radius 3 is 2.24 bits per heavy atom. The van der Waals surface area contributed by atoms with Gasteiger partial charge in [-0.25, -0.2) is 9.59 Å². The van der Waals surface area contributed by atoms with Crippen LogP contribution in [0.15, 0.2) is 66.7 Å². The molecule has 0 radical (unpaired) electrons. The van der Waals surface area contributed by atoms with Gasteiger partial charge in [-0.15, -0.1) is 0 Å². The summed E-state index contributed by atoms with van der Waals surface area (Å²) in [5.74, 6) is 3.32. The number of nitrogens with one attached hydrogen (secondary N) is 2. The highest BCUT2D eigenvalue weighted by atomic mass is 16.5. The molecule has 1 aliphatic carbocycles. The molecule has 170 valence electrons. The van der Waals surface area contributed by atoms with E-state index in [1.807, 2.05) is 36.4 Å². The number of fused-ring (bicyclic) bond motifs is 3. The van der Waals surface area contributed by atoms with Crippen molar-refractivity contribution in [2.24, 2.45) is 0 Å². The number of carbonyl (C=O) groups is 3. The van der Waals surface area contributed by atoms with Crippen molar-refractivity contribution in [1.82, 2.24) is 5.32 Å². The molecule has 34 heavy (non-hydrogen) atoms. The Kier molecular flexibility index (Phi) is 6.60. The third-order valence-electron chi connectivity index (χ3n) is 5.59. The van der Waals surface area contributed by atoms with E-state index in [1.54, 1.807) is 6.92 Å². The first-order valence-electron chi connectivity index (χ1n) is 10.7. The average Bonchev–Trinajstić information content (AvgIpc) is 3.15. The highest BCUT2D eigenvalue weighted by molar-refractivity contribution is 6.04. The van der Waals surface area contributed by atoms with Gasteiger partial charge in [0.2, 0.25) is 0 Å². The van der Waals surface area contributed by atoms with Crippen LogP contribution in [0.5, 0.6) is 0 Å². The van der Waals surface area contributed by atoms with Crippen molar-refractivity contribution in [3.8, 4) is 23.0 Å². The molecule has 0 saturated heterocycles. The second kappa shape index (κ2) is 9.92. The van der Waals surface area contributed by atoms with E-state index in [-0.39, 0.29) is 24.6 Å². The van der Waals surface area contributed by atoms with Crippen LogP contribution >= 0.6 is 0 Å². The van der Waals surface area contributed by atoms with Crippen LogP contribution in [0.25, 0.3) is 11.1 Å². The third kappa shape index (κ3) is 4.92. The first kappa shape index (κ1) is 22.6. The van der Waals surface area contributed by atoms with Crippen LogP contribution < -0.4 is 10.6 Å². The molecule has 3 N–H and O–H groups in total. The molecule has 0 unspecified atom stereocenters. The summed E-state index contributed by atoms with van der Waals surface area (Å²) in [4.78, 5) is 35.1. The lowest BCUT2D eigenvalue weighted by Gasteiger charge is -2.14. The summed E-state index contributed by atoms with van der Waals surface area (Å²) < 4.78 is 5.42. The Morgan fingerprint density at radius 1 is 0.971 bits per heavy atom. The largest absolute Gasteiger partial charge is 0.478 e. The maximum atomic E-state index is 12.1. The predicted octanol–water partition coefficient (Wildman–Crippen LogP) is 4.17. The molecule has 7 heteroatoms. The van der Waals surface area contributed by atoms with Gasteiger partial charge in [0.25, 0.3) is 5.91 Å². The summed E-state index contributed by atoms with van der Waals surface area (Å²) in [5.41, 5.74) is 5.75. The van der Waals surface area contributed by atoms with Crippen molar-refractivity contribution < 1.29 is 24.2 Å². The van der Waals surface area contributed by atoms with Crippen molar-refractivity contribution >= 4 is 23.7 Å². The van der Waals surface area contributed by atoms with Gasteiger partial charge in [0.15, 0.2) is 0 Å². The van der Waals surface area contributed by atoms with Crippen LogP contribution in [-0.2, 0) is 9.53 Å². The standard InChI is InChI=1S/C27H22N2O5/c1-17-15-18(26(31)32)12-13-24(17)29-25(30)11-6-14-28-27(33)34-16-23-21-9-4-2-7-19(21)20-8-3-5-10-22(20)23/h2-5,7-10,12-13,15,23H,14,16H2,1H3,(H,28,33)(H,29,30)(H,31,32). The Hall–Kier alpha value is -4.57. The first-order chi connectivity index (χ1) is 16.4.